The molecule has 2 fully saturated rings. The summed E-state index contributed by atoms with van der Waals surface area (Å²) in [6, 6.07) is 4.38. The van der Waals surface area contributed by atoms with Gasteiger partial charge in [0, 0.05) is 18.4 Å². The topological polar surface area (TPSA) is 42.0 Å². The fourth-order valence-corrected chi connectivity index (χ4v) is 2.70. The predicted molar refractivity (Wildman–Crippen MR) is 65.5 cm³/mol. The summed E-state index contributed by atoms with van der Waals surface area (Å²) in [5.41, 5.74) is 0.812. The zero-order chi connectivity index (χ0) is 11.7. The van der Waals surface area contributed by atoms with Crippen molar-refractivity contribution in [2.75, 3.05) is 0 Å². The van der Waals surface area contributed by atoms with E-state index in [1.165, 1.54) is 6.42 Å². The average molecular weight is 230 g/mol. The van der Waals surface area contributed by atoms with E-state index in [4.69, 9.17) is 0 Å². The van der Waals surface area contributed by atoms with Crippen LogP contribution < -0.4 is 5.32 Å². The minimum Gasteiger partial charge on any atom is -0.353 e. The first-order valence-electron chi connectivity index (χ1n) is 6.53. The van der Waals surface area contributed by atoms with Crippen LogP contribution in [-0.4, -0.2) is 16.9 Å². The summed E-state index contributed by atoms with van der Waals surface area (Å²) in [6.07, 6.45) is 10.2. The molecule has 0 aliphatic heterocycles. The Morgan fingerprint density at radius 2 is 2.18 bits per heavy atom. The predicted octanol–water partition coefficient (Wildman–Crippen LogP) is 2.17. The third-order valence-electron chi connectivity index (χ3n) is 4.30. The summed E-state index contributed by atoms with van der Waals surface area (Å²) in [7, 11) is 0. The van der Waals surface area contributed by atoms with Gasteiger partial charge in [-0.2, -0.15) is 0 Å². The lowest BCUT2D eigenvalue weighted by atomic mass is 9.64. The lowest BCUT2D eigenvalue weighted by Crippen LogP contribution is -2.53. The van der Waals surface area contributed by atoms with Crippen LogP contribution in [0, 0.1) is 0 Å². The van der Waals surface area contributed by atoms with E-state index in [-0.39, 0.29) is 11.3 Å². The molecule has 1 aromatic rings. The maximum atomic E-state index is 12.4. The molecule has 0 unspecified atom stereocenters. The quantitative estimate of drug-likeness (QED) is 0.864. The highest BCUT2D eigenvalue weighted by atomic mass is 16.2. The molecule has 17 heavy (non-hydrogen) atoms. The molecule has 3 heteroatoms. The Morgan fingerprint density at radius 1 is 1.35 bits per heavy atom. The number of pyridine rings is 1. The third-order valence-corrected chi connectivity index (χ3v) is 4.30. The SMILES string of the molecule is O=C(NC1CCC1)C1(c2cccnc2)CCC1. The van der Waals surface area contributed by atoms with Gasteiger partial charge in [-0.3, -0.25) is 9.78 Å². The van der Waals surface area contributed by atoms with Gasteiger partial charge in [0.05, 0.1) is 5.41 Å². The highest BCUT2D eigenvalue weighted by Crippen LogP contribution is 2.44. The molecule has 3 rings (SSSR count). The van der Waals surface area contributed by atoms with Crippen LogP contribution in [0.5, 0.6) is 0 Å². The molecule has 0 spiro atoms. The second-order valence-corrected chi connectivity index (χ2v) is 5.28. The summed E-state index contributed by atoms with van der Waals surface area (Å²) in [4.78, 5) is 16.6. The van der Waals surface area contributed by atoms with Gasteiger partial charge in [-0.1, -0.05) is 12.5 Å². The molecule has 90 valence electrons. The van der Waals surface area contributed by atoms with E-state index in [0.29, 0.717) is 6.04 Å². The Hall–Kier alpha value is -1.38. The van der Waals surface area contributed by atoms with Gasteiger partial charge < -0.3 is 5.32 Å². The highest BCUT2D eigenvalue weighted by molar-refractivity contribution is 5.89. The van der Waals surface area contributed by atoms with E-state index in [1.54, 1.807) is 6.20 Å². The molecular formula is C14H18N2O. The van der Waals surface area contributed by atoms with Crippen LogP contribution in [0.1, 0.15) is 44.1 Å². The summed E-state index contributed by atoms with van der Waals surface area (Å²) in [5, 5.41) is 3.19. The molecule has 0 bridgehead atoms. The molecule has 1 amide bonds. The highest BCUT2D eigenvalue weighted by Gasteiger charge is 2.46. The van der Waals surface area contributed by atoms with Crippen LogP contribution in [-0.2, 0) is 10.2 Å². The van der Waals surface area contributed by atoms with Gasteiger partial charge in [0.1, 0.15) is 0 Å². The monoisotopic (exact) mass is 230 g/mol. The molecule has 1 N–H and O–H groups in total. The number of nitrogens with zero attached hydrogens (tertiary/aromatic N) is 1. The number of hydrogen-bond donors (Lipinski definition) is 1. The van der Waals surface area contributed by atoms with E-state index in [0.717, 1.165) is 37.7 Å². The van der Waals surface area contributed by atoms with Gasteiger partial charge in [0.2, 0.25) is 5.91 Å². The minimum atomic E-state index is -0.274. The molecular weight excluding hydrogens is 212 g/mol. The Morgan fingerprint density at radius 3 is 2.65 bits per heavy atom. The van der Waals surface area contributed by atoms with Crippen molar-refractivity contribution in [2.45, 2.75) is 50.0 Å². The van der Waals surface area contributed by atoms with E-state index in [2.05, 4.69) is 10.3 Å². The average Bonchev–Trinajstić information content (AvgIpc) is 2.24. The fraction of sp³-hybridized carbons (Fsp3) is 0.571. The third kappa shape index (κ3) is 1.74. The molecule has 1 heterocycles. The smallest absolute Gasteiger partial charge is 0.230 e. The maximum absolute atomic E-state index is 12.4. The van der Waals surface area contributed by atoms with Crippen molar-refractivity contribution in [1.29, 1.82) is 0 Å². The lowest BCUT2D eigenvalue weighted by molar-refractivity contribution is -0.131. The van der Waals surface area contributed by atoms with Gasteiger partial charge in [0.25, 0.3) is 0 Å². The molecule has 0 atom stereocenters. The van der Waals surface area contributed by atoms with E-state index < -0.39 is 0 Å². The molecule has 2 aliphatic rings. The Labute approximate surface area is 102 Å². The Kier molecular flexibility index (Phi) is 2.61. The standard InChI is InChI=1S/C14H18N2O/c17-13(16-12-5-1-6-12)14(7-3-8-14)11-4-2-9-15-10-11/h2,4,9-10,12H,1,3,5-8H2,(H,16,17). The van der Waals surface area contributed by atoms with E-state index >= 15 is 0 Å². The van der Waals surface area contributed by atoms with Crippen molar-refractivity contribution in [3.05, 3.63) is 30.1 Å². The number of carbonyl (C=O) groups excluding carboxylic acids is 1. The largest absolute Gasteiger partial charge is 0.353 e. The first-order valence-corrected chi connectivity index (χ1v) is 6.53. The number of carbonyl (C=O) groups is 1. The van der Waals surface area contributed by atoms with Crippen molar-refractivity contribution in [2.24, 2.45) is 0 Å². The first kappa shape index (κ1) is 10.8. The second-order valence-electron chi connectivity index (χ2n) is 5.28. The van der Waals surface area contributed by atoms with Gasteiger partial charge in [-0.15, -0.1) is 0 Å². The number of nitrogens with one attached hydrogen (secondary N) is 1. The van der Waals surface area contributed by atoms with E-state index in [1.807, 2.05) is 18.3 Å². The van der Waals surface area contributed by atoms with Crippen molar-refractivity contribution in [3.63, 3.8) is 0 Å². The zero-order valence-corrected chi connectivity index (χ0v) is 9.98. The van der Waals surface area contributed by atoms with Crippen molar-refractivity contribution in [1.82, 2.24) is 10.3 Å². The summed E-state index contributed by atoms with van der Waals surface area (Å²) >= 11 is 0. The maximum Gasteiger partial charge on any atom is 0.230 e. The van der Waals surface area contributed by atoms with Crippen LogP contribution in [0.3, 0.4) is 0 Å². The molecule has 3 nitrogen and oxygen atoms in total. The Balaban J connectivity index is 1.79. The van der Waals surface area contributed by atoms with Crippen LogP contribution in [0.2, 0.25) is 0 Å². The molecule has 2 saturated carbocycles. The Bertz CT molecular complexity index is 407. The van der Waals surface area contributed by atoms with Crippen molar-refractivity contribution in [3.8, 4) is 0 Å². The number of amides is 1. The lowest BCUT2D eigenvalue weighted by Gasteiger charge is -2.42. The number of aromatic nitrogens is 1. The van der Waals surface area contributed by atoms with Gasteiger partial charge >= 0.3 is 0 Å². The van der Waals surface area contributed by atoms with Gasteiger partial charge in [-0.05, 0) is 43.7 Å². The van der Waals surface area contributed by atoms with E-state index in [9.17, 15) is 4.79 Å². The van der Waals surface area contributed by atoms with Crippen LogP contribution in [0.4, 0.5) is 0 Å². The normalized spacial score (nSPS) is 22.4. The minimum absolute atomic E-state index is 0.224. The summed E-state index contributed by atoms with van der Waals surface area (Å²) in [6.45, 7) is 0. The van der Waals surface area contributed by atoms with Crippen LogP contribution in [0.15, 0.2) is 24.5 Å². The summed E-state index contributed by atoms with van der Waals surface area (Å²) in [5.74, 6) is 0.224. The molecule has 1 aromatic heterocycles. The van der Waals surface area contributed by atoms with Crippen LogP contribution in [0.25, 0.3) is 0 Å². The molecule has 0 saturated heterocycles. The number of rotatable bonds is 3. The number of hydrogen-bond acceptors (Lipinski definition) is 2. The first-order chi connectivity index (χ1) is 8.31. The molecule has 0 radical (unpaired) electrons. The molecule has 0 aromatic carbocycles. The second kappa shape index (κ2) is 4.13. The summed E-state index contributed by atoms with van der Waals surface area (Å²) < 4.78 is 0. The zero-order valence-electron chi connectivity index (χ0n) is 9.98. The molecule has 2 aliphatic carbocycles. The fourth-order valence-electron chi connectivity index (χ4n) is 2.70. The van der Waals surface area contributed by atoms with Gasteiger partial charge in [-0.25, -0.2) is 0 Å². The van der Waals surface area contributed by atoms with Gasteiger partial charge in [0.15, 0.2) is 0 Å². The van der Waals surface area contributed by atoms with Crippen molar-refractivity contribution >= 4 is 5.91 Å². The van der Waals surface area contributed by atoms with Crippen molar-refractivity contribution < 1.29 is 4.79 Å². The van der Waals surface area contributed by atoms with Crippen LogP contribution >= 0.6 is 0 Å².